The lowest BCUT2D eigenvalue weighted by atomic mass is 10.1. The highest BCUT2D eigenvalue weighted by Gasteiger charge is 2.14. The van der Waals surface area contributed by atoms with E-state index < -0.39 is 0 Å². The van der Waals surface area contributed by atoms with Gasteiger partial charge in [-0.3, -0.25) is 4.79 Å². The monoisotopic (exact) mass is 286 g/mol. The SMILES string of the molecule is O=C(NCC[C@@H]1CCCN1)c1ccc(-n2cnnn2)cc1. The zero-order chi connectivity index (χ0) is 14.5. The predicted octanol–water partition coefficient (Wildman–Crippen LogP) is 0.534. The van der Waals surface area contributed by atoms with E-state index in [0.29, 0.717) is 18.2 Å². The first-order valence-corrected chi connectivity index (χ1v) is 7.18. The second-order valence-corrected chi connectivity index (χ2v) is 5.14. The Labute approximate surface area is 122 Å². The van der Waals surface area contributed by atoms with Crippen LogP contribution < -0.4 is 10.6 Å². The van der Waals surface area contributed by atoms with E-state index in [9.17, 15) is 4.79 Å². The smallest absolute Gasteiger partial charge is 0.251 e. The third kappa shape index (κ3) is 3.43. The van der Waals surface area contributed by atoms with Crippen molar-refractivity contribution >= 4 is 5.91 Å². The highest BCUT2D eigenvalue weighted by molar-refractivity contribution is 5.94. The Morgan fingerprint density at radius 1 is 1.38 bits per heavy atom. The number of aromatic nitrogens is 4. The first kappa shape index (κ1) is 13.7. The molecule has 0 saturated carbocycles. The highest BCUT2D eigenvalue weighted by atomic mass is 16.1. The van der Waals surface area contributed by atoms with E-state index in [1.807, 2.05) is 12.1 Å². The van der Waals surface area contributed by atoms with Crippen molar-refractivity contribution < 1.29 is 4.79 Å². The lowest BCUT2D eigenvalue weighted by molar-refractivity contribution is 0.0952. The largest absolute Gasteiger partial charge is 0.352 e. The van der Waals surface area contributed by atoms with Gasteiger partial charge in [0.25, 0.3) is 5.91 Å². The van der Waals surface area contributed by atoms with Gasteiger partial charge < -0.3 is 10.6 Å². The Bertz CT molecular complexity index is 574. The van der Waals surface area contributed by atoms with Crippen LogP contribution in [0.25, 0.3) is 5.69 Å². The summed E-state index contributed by atoms with van der Waals surface area (Å²) >= 11 is 0. The van der Waals surface area contributed by atoms with Crippen molar-refractivity contribution in [3.8, 4) is 5.69 Å². The molecule has 110 valence electrons. The fraction of sp³-hybridized carbons (Fsp3) is 0.429. The molecule has 0 spiro atoms. The summed E-state index contributed by atoms with van der Waals surface area (Å²) in [5.74, 6) is -0.0451. The van der Waals surface area contributed by atoms with Gasteiger partial charge in [-0.1, -0.05) is 0 Å². The van der Waals surface area contributed by atoms with E-state index in [2.05, 4.69) is 26.2 Å². The minimum atomic E-state index is -0.0451. The Morgan fingerprint density at radius 3 is 2.90 bits per heavy atom. The molecule has 2 aromatic rings. The molecule has 2 heterocycles. The van der Waals surface area contributed by atoms with Crippen LogP contribution >= 0.6 is 0 Å². The zero-order valence-corrected chi connectivity index (χ0v) is 11.7. The highest BCUT2D eigenvalue weighted by Crippen LogP contribution is 2.09. The number of nitrogens with one attached hydrogen (secondary N) is 2. The number of rotatable bonds is 5. The topological polar surface area (TPSA) is 84.7 Å². The first-order chi connectivity index (χ1) is 10.3. The van der Waals surface area contributed by atoms with Crippen LogP contribution in [0.2, 0.25) is 0 Å². The number of carbonyl (C=O) groups is 1. The number of amides is 1. The Morgan fingerprint density at radius 2 is 2.24 bits per heavy atom. The molecule has 2 N–H and O–H groups in total. The molecule has 1 atom stereocenters. The molecular formula is C14H18N6O. The molecular weight excluding hydrogens is 268 g/mol. The number of hydrogen-bond acceptors (Lipinski definition) is 5. The zero-order valence-electron chi connectivity index (χ0n) is 11.7. The molecule has 0 unspecified atom stereocenters. The van der Waals surface area contributed by atoms with Gasteiger partial charge in [-0.05, 0) is 60.5 Å². The quantitative estimate of drug-likeness (QED) is 0.837. The molecule has 1 aliphatic rings. The summed E-state index contributed by atoms with van der Waals surface area (Å²) in [6.45, 7) is 1.79. The molecule has 0 bridgehead atoms. The molecule has 7 heteroatoms. The Kier molecular flexibility index (Phi) is 4.20. The van der Waals surface area contributed by atoms with Crippen molar-refractivity contribution in [3.63, 3.8) is 0 Å². The first-order valence-electron chi connectivity index (χ1n) is 7.18. The molecule has 1 aliphatic heterocycles. The summed E-state index contributed by atoms with van der Waals surface area (Å²) in [5.41, 5.74) is 1.47. The van der Waals surface area contributed by atoms with E-state index in [1.54, 1.807) is 16.8 Å². The maximum absolute atomic E-state index is 12.0. The van der Waals surface area contributed by atoms with Gasteiger partial charge in [0.05, 0.1) is 5.69 Å². The number of carbonyl (C=O) groups excluding carboxylic acids is 1. The van der Waals surface area contributed by atoms with Crippen LogP contribution in [0.1, 0.15) is 29.6 Å². The van der Waals surface area contributed by atoms with E-state index >= 15 is 0 Å². The van der Waals surface area contributed by atoms with Crippen molar-refractivity contribution in [2.75, 3.05) is 13.1 Å². The maximum atomic E-state index is 12.0. The number of benzene rings is 1. The van der Waals surface area contributed by atoms with Crippen LogP contribution in [0, 0.1) is 0 Å². The Balaban J connectivity index is 1.52. The van der Waals surface area contributed by atoms with Crippen LogP contribution in [-0.4, -0.2) is 45.2 Å². The minimum Gasteiger partial charge on any atom is -0.352 e. The molecule has 0 radical (unpaired) electrons. The van der Waals surface area contributed by atoms with Gasteiger partial charge in [-0.25, -0.2) is 4.68 Å². The average Bonchev–Trinajstić information content (AvgIpc) is 3.21. The van der Waals surface area contributed by atoms with Crippen LogP contribution in [0.15, 0.2) is 30.6 Å². The van der Waals surface area contributed by atoms with E-state index in [-0.39, 0.29) is 5.91 Å². The predicted molar refractivity (Wildman–Crippen MR) is 77.1 cm³/mol. The van der Waals surface area contributed by atoms with Gasteiger partial charge in [-0.15, -0.1) is 5.10 Å². The van der Waals surface area contributed by atoms with E-state index in [1.165, 1.54) is 19.2 Å². The lowest BCUT2D eigenvalue weighted by Crippen LogP contribution is -2.30. The molecule has 21 heavy (non-hydrogen) atoms. The summed E-state index contributed by atoms with van der Waals surface area (Å²) < 4.78 is 1.55. The molecule has 1 amide bonds. The molecule has 0 aliphatic carbocycles. The number of hydrogen-bond donors (Lipinski definition) is 2. The maximum Gasteiger partial charge on any atom is 0.251 e. The number of nitrogens with zero attached hydrogens (tertiary/aromatic N) is 4. The normalized spacial score (nSPS) is 17.8. The second kappa shape index (κ2) is 6.45. The third-order valence-corrected chi connectivity index (χ3v) is 3.68. The van der Waals surface area contributed by atoms with Crippen molar-refractivity contribution in [2.45, 2.75) is 25.3 Å². The summed E-state index contributed by atoms with van der Waals surface area (Å²) in [6, 6.07) is 7.75. The van der Waals surface area contributed by atoms with Crippen molar-refractivity contribution in [3.05, 3.63) is 36.2 Å². The lowest BCUT2D eigenvalue weighted by Gasteiger charge is -2.11. The van der Waals surface area contributed by atoms with Crippen molar-refractivity contribution in [1.82, 2.24) is 30.8 Å². The molecule has 3 rings (SSSR count). The van der Waals surface area contributed by atoms with Gasteiger partial charge >= 0.3 is 0 Å². The van der Waals surface area contributed by atoms with Gasteiger partial charge in [0.1, 0.15) is 6.33 Å². The second-order valence-electron chi connectivity index (χ2n) is 5.14. The molecule has 1 aromatic heterocycles. The van der Waals surface area contributed by atoms with Crippen LogP contribution in [0.4, 0.5) is 0 Å². The van der Waals surface area contributed by atoms with Gasteiger partial charge in [0.2, 0.25) is 0 Å². The van der Waals surface area contributed by atoms with Crippen LogP contribution in [-0.2, 0) is 0 Å². The third-order valence-electron chi connectivity index (χ3n) is 3.68. The number of tetrazole rings is 1. The molecule has 7 nitrogen and oxygen atoms in total. The summed E-state index contributed by atoms with van der Waals surface area (Å²) in [5, 5.41) is 17.3. The van der Waals surface area contributed by atoms with E-state index in [4.69, 9.17) is 0 Å². The average molecular weight is 286 g/mol. The fourth-order valence-corrected chi connectivity index (χ4v) is 2.51. The van der Waals surface area contributed by atoms with Crippen molar-refractivity contribution in [1.29, 1.82) is 0 Å². The minimum absolute atomic E-state index is 0.0451. The van der Waals surface area contributed by atoms with E-state index in [0.717, 1.165) is 18.7 Å². The van der Waals surface area contributed by atoms with Crippen LogP contribution in [0.5, 0.6) is 0 Å². The fourth-order valence-electron chi connectivity index (χ4n) is 2.51. The van der Waals surface area contributed by atoms with Crippen LogP contribution in [0.3, 0.4) is 0 Å². The summed E-state index contributed by atoms with van der Waals surface area (Å²) in [7, 11) is 0. The van der Waals surface area contributed by atoms with Crippen molar-refractivity contribution in [2.24, 2.45) is 0 Å². The summed E-state index contributed by atoms with van der Waals surface area (Å²) in [4.78, 5) is 12.0. The van der Waals surface area contributed by atoms with Gasteiger partial charge in [0.15, 0.2) is 0 Å². The molecule has 1 aromatic carbocycles. The molecule has 1 saturated heterocycles. The molecule has 1 fully saturated rings. The summed E-state index contributed by atoms with van der Waals surface area (Å²) in [6.07, 6.45) is 4.94. The van der Waals surface area contributed by atoms with Gasteiger partial charge in [0, 0.05) is 18.2 Å². The standard InChI is InChI=1S/C14H18N6O/c21-14(16-9-7-12-2-1-8-15-12)11-3-5-13(6-4-11)20-10-17-18-19-20/h3-6,10,12,15H,1-2,7-9H2,(H,16,21)/t12-/m0/s1. The van der Waals surface area contributed by atoms with Gasteiger partial charge in [-0.2, -0.15) is 0 Å². The Hall–Kier alpha value is -2.28.